The number of benzene rings is 1. The summed E-state index contributed by atoms with van der Waals surface area (Å²) in [5.74, 6) is 2.90. The van der Waals surface area contributed by atoms with Crippen LogP contribution in [0.1, 0.15) is 6.42 Å². The third-order valence-electron chi connectivity index (χ3n) is 2.78. The fourth-order valence-electron chi connectivity index (χ4n) is 1.83. The second kappa shape index (κ2) is 5.48. The summed E-state index contributed by atoms with van der Waals surface area (Å²) in [5, 5.41) is 3.10. The molecule has 0 aromatic heterocycles. The first-order valence-electron chi connectivity index (χ1n) is 5.76. The zero-order valence-corrected chi connectivity index (χ0v) is 9.98. The van der Waals surface area contributed by atoms with Crippen LogP contribution < -0.4 is 20.5 Å². The van der Waals surface area contributed by atoms with Gasteiger partial charge >= 0.3 is 0 Å². The lowest BCUT2D eigenvalue weighted by atomic mass is 10.1. The molecular formula is C13H18N2O2. The van der Waals surface area contributed by atoms with Gasteiger partial charge in [-0.15, -0.1) is 0 Å². The predicted molar refractivity (Wildman–Crippen MR) is 66.9 cm³/mol. The smallest absolute Gasteiger partial charge is 0.122 e. The molecule has 0 bridgehead atoms. The van der Waals surface area contributed by atoms with Crippen molar-refractivity contribution in [1.82, 2.24) is 5.32 Å². The summed E-state index contributed by atoms with van der Waals surface area (Å²) < 4.78 is 10.8. The van der Waals surface area contributed by atoms with Crippen molar-refractivity contribution in [2.75, 3.05) is 20.3 Å². The van der Waals surface area contributed by atoms with Crippen LogP contribution in [0.15, 0.2) is 36.2 Å². The van der Waals surface area contributed by atoms with Gasteiger partial charge in [0.25, 0.3) is 0 Å². The van der Waals surface area contributed by atoms with E-state index in [1.54, 1.807) is 7.11 Å². The van der Waals surface area contributed by atoms with Crippen LogP contribution in [0.5, 0.6) is 11.5 Å². The first-order valence-corrected chi connectivity index (χ1v) is 5.76. The van der Waals surface area contributed by atoms with Crippen molar-refractivity contribution < 1.29 is 9.47 Å². The van der Waals surface area contributed by atoms with Gasteiger partial charge in [-0.25, -0.2) is 0 Å². The quantitative estimate of drug-likeness (QED) is 0.810. The highest BCUT2D eigenvalue weighted by atomic mass is 16.5. The highest BCUT2D eigenvalue weighted by Gasteiger charge is 2.12. The maximum atomic E-state index is 5.67. The van der Waals surface area contributed by atoms with Crippen LogP contribution in [0.2, 0.25) is 0 Å². The molecule has 0 radical (unpaired) electrons. The van der Waals surface area contributed by atoms with E-state index in [1.165, 1.54) is 0 Å². The molecule has 17 heavy (non-hydrogen) atoms. The molecular weight excluding hydrogens is 216 g/mol. The molecule has 0 saturated carbocycles. The van der Waals surface area contributed by atoms with Crippen LogP contribution in [0.4, 0.5) is 0 Å². The van der Waals surface area contributed by atoms with E-state index in [1.807, 2.05) is 24.3 Å². The molecule has 1 heterocycles. The molecule has 3 N–H and O–H groups in total. The number of hydrogen-bond acceptors (Lipinski definition) is 4. The minimum atomic E-state index is 0.473. The Balaban J connectivity index is 1.78. The lowest BCUT2D eigenvalue weighted by Crippen LogP contribution is -2.17. The van der Waals surface area contributed by atoms with Gasteiger partial charge in [0.15, 0.2) is 0 Å². The maximum absolute atomic E-state index is 5.67. The summed E-state index contributed by atoms with van der Waals surface area (Å²) in [4.78, 5) is 0. The third-order valence-corrected chi connectivity index (χ3v) is 2.78. The molecule has 1 aliphatic heterocycles. The first-order chi connectivity index (χ1) is 8.28. The molecule has 0 unspecified atom stereocenters. The van der Waals surface area contributed by atoms with Gasteiger partial charge in [-0.2, -0.15) is 0 Å². The van der Waals surface area contributed by atoms with Gasteiger partial charge in [0.1, 0.15) is 11.5 Å². The zero-order chi connectivity index (χ0) is 12.1. The van der Waals surface area contributed by atoms with Gasteiger partial charge < -0.3 is 20.5 Å². The number of ether oxygens (including phenoxy) is 2. The average Bonchev–Trinajstić information content (AvgIpc) is 2.75. The summed E-state index contributed by atoms with van der Waals surface area (Å²) in [7, 11) is 1.65. The van der Waals surface area contributed by atoms with Gasteiger partial charge in [-0.05, 0) is 24.6 Å². The number of hydrogen-bond donors (Lipinski definition) is 2. The second-order valence-corrected chi connectivity index (χ2v) is 4.08. The summed E-state index contributed by atoms with van der Waals surface area (Å²) in [6.07, 6.45) is 3.01. The summed E-state index contributed by atoms with van der Waals surface area (Å²) in [6, 6.07) is 7.64. The standard InChI is InChI=1S/C13H18N2O2/c1-16-11-3-2-4-12(8-11)17-6-5-10-7-13(14)15-9-10/h2-4,7-8,10,15H,5-6,9,14H2,1H3/t10-/m0/s1. The molecule has 92 valence electrons. The van der Waals surface area contributed by atoms with E-state index in [2.05, 4.69) is 11.4 Å². The topological polar surface area (TPSA) is 56.5 Å². The minimum absolute atomic E-state index is 0.473. The predicted octanol–water partition coefficient (Wildman–Crippen LogP) is 1.48. The molecule has 2 rings (SSSR count). The van der Waals surface area contributed by atoms with E-state index in [4.69, 9.17) is 15.2 Å². The Kier molecular flexibility index (Phi) is 3.75. The molecule has 0 fully saturated rings. The first kappa shape index (κ1) is 11.6. The maximum Gasteiger partial charge on any atom is 0.122 e. The Bertz CT molecular complexity index is 404. The lowest BCUT2D eigenvalue weighted by molar-refractivity contribution is 0.291. The van der Waals surface area contributed by atoms with Crippen LogP contribution in [-0.2, 0) is 0 Å². The average molecular weight is 234 g/mol. The van der Waals surface area contributed by atoms with Crippen molar-refractivity contribution in [1.29, 1.82) is 0 Å². The van der Waals surface area contributed by atoms with E-state index in [9.17, 15) is 0 Å². The van der Waals surface area contributed by atoms with Crippen molar-refractivity contribution >= 4 is 0 Å². The van der Waals surface area contributed by atoms with Crippen LogP contribution in [0.3, 0.4) is 0 Å². The van der Waals surface area contributed by atoms with Crippen molar-refractivity contribution in [3.8, 4) is 11.5 Å². The highest BCUT2D eigenvalue weighted by Crippen LogP contribution is 2.19. The fraction of sp³-hybridized carbons (Fsp3) is 0.385. The Morgan fingerprint density at radius 2 is 2.24 bits per heavy atom. The fourth-order valence-corrected chi connectivity index (χ4v) is 1.83. The van der Waals surface area contributed by atoms with Gasteiger partial charge in [-0.3, -0.25) is 0 Å². The van der Waals surface area contributed by atoms with E-state index in [0.717, 1.165) is 30.3 Å². The number of rotatable bonds is 5. The zero-order valence-electron chi connectivity index (χ0n) is 9.98. The van der Waals surface area contributed by atoms with Crippen molar-refractivity contribution in [3.05, 3.63) is 36.2 Å². The lowest BCUT2D eigenvalue weighted by Gasteiger charge is -2.09. The SMILES string of the molecule is COc1cccc(OCC[C@H]2C=C(N)NC2)c1. The Labute approximate surface area is 101 Å². The van der Waals surface area contributed by atoms with Gasteiger partial charge in [0.2, 0.25) is 0 Å². The number of methoxy groups -OCH3 is 1. The highest BCUT2D eigenvalue weighted by molar-refractivity contribution is 5.32. The minimum Gasteiger partial charge on any atom is -0.497 e. The summed E-state index contributed by atoms with van der Waals surface area (Å²) in [6.45, 7) is 1.59. The van der Waals surface area contributed by atoms with Crippen molar-refractivity contribution in [3.63, 3.8) is 0 Å². The van der Waals surface area contributed by atoms with Crippen LogP contribution in [0.25, 0.3) is 0 Å². The Morgan fingerprint density at radius 1 is 1.41 bits per heavy atom. The molecule has 1 aromatic carbocycles. The van der Waals surface area contributed by atoms with E-state index in [-0.39, 0.29) is 0 Å². The van der Waals surface area contributed by atoms with Gasteiger partial charge in [0, 0.05) is 18.5 Å². The number of nitrogens with two attached hydrogens (primary N) is 1. The molecule has 4 nitrogen and oxygen atoms in total. The van der Waals surface area contributed by atoms with Crippen LogP contribution in [-0.4, -0.2) is 20.3 Å². The molecule has 4 heteroatoms. The molecule has 1 aliphatic rings. The van der Waals surface area contributed by atoms with E-state index in [0.29, 0.717) is 12.5 Å². The molecule has 1 atom stereocenters. The van der Waals surface area contributed by atoms with Gasteiger partial charge in [-0.1, -0.05) is 6.07 Å². The Hall–Kier alpha value is -1.84. The monoisotopic (exact) mass is 234 g/mol. The second-order valence-electron chi connectivity index (χ2n) is 4.08. The summed E-state index contributed by atoms with van der Waals surface area (Å²) >= 11 is 0. The van der Waals surface area contributed by atoms with E-state index < -0.39 is 0 Å². The third kappa shape index (κ3) is 3.31. The normalized spacial score (nSPS) is 18.4. The van der Waals surface area contributed by atoms with Crippen LogP contribution >= 0.6 is 0 Å². The van der Waals surface area contributed by atoms with E-state index >= 15 is 0 Å². The molecule has 0 amide bonds. The molecule has 1 aromatic rings. The molecule has 0 aliphatic carbocycles. The van der Waals surface area contributed by atoms with Crippen molar-refractivity contribution in [2.24, 2.45) is 11.7 Å². The summed E-state index contributed by atoms with van der Waals surface area (Å²) in [5.41, 5.74) is 5.64. The van der Waals surface area contributed by atoms with Crippen molar-refractivity contribution in [2.45, 2.75) is 6.42 Å². The molecule has 0 saturated heterocycles. The number of nitrogens with one attached hydrogen (secondary N) is 1. The molecule has 0 spiro atoms. The largest absolute Gasteiger partial charge is 0.497 e. The Morgan fingerprint density at radius 3 is 2.94 bits per heavy atom. The van der Waals surface area contributed by atoms with Crippen LogP contribution in [0, 0.1) is 5.92 Å². The van der Waals surface area contributed by atoms with Gasteiger partial charge in [0.05, 0.1) is 19.5 Å².